The highest BCUT2D eigenvalue weighted by atomic mass is 32.2. The van der Waals surface area contributed by atoms with E-state index in [4.69, 9.17) is 0 Å². The van der Waals surface area contributed by atoms with Gasteiger partial charge in [0.1, 0.15) is 11.5 Å². The number of alkyl halides is 3. The van der Waals surface area contributed by atoms with E-state index in [1.165, 1.54) is 0 Å². The number of hydrogen-bond donors (Lipinski definition) is 2. The third-order valence-corrected chi connectivity index (χ3v) is 5.88. The third kappa shape index (κ3) is 3.69. The number of H-pyrrole nitrogens is 1. The molecule has 1 aliphatic heterocycles. The second kappa shape index (κ2) is 6.34. The van der Waals surface area contributed by atoms with Gasteiger partial charge in [0.15, 0.2) is 5.75 Å². The Balaban J connectivity index is 1.60. The third-order valence-electron chi connectivity index (χ3n) is 4.48. The zero-order valence-corrected chi connectivity index (χ0v) is 14.8. The fraction of sp³-hybridized carbons (Fsp3) is 0.375. The number of halogens is 3. The van der Waals surface area contributed by atoms with Crippen molar-refractivity contribution in [2.75, 3.05) is 23.7 Å². The van der Waals surface area contributed by atoms with Crippen molar-refractivity contribution in [3.63, 3.8) is 0 Å². The van der Waals surface area contributed by atoms with Crippen LogP contribution in [0, 0.1) is 0 Å². The molecule has 0 radical (unpaired) electrons. The molecule has 27 heavy (non-hydrogen) atoms. The largest absolute Gasteiger partial charge is 0.404 e. The van der Waals surface area contributed by atoms with Crippen LogP contribution in [0.1, 0.15) is 6.42 Å². The molecule has 0 saturated carbocycles. The Bertz CT molecular complexity index is 1100. The summed E-state index contributed by atoms with van der Waals surface area (Å²) in [5, 5.41) is 2.65. The minimum Gasteiger partial charge on any atom is -0.354 e. The van der Waals surface area contributed by atoms with Crippen LogP contribution in [-0.4, -0.2) is 54.4 Å². The number of anilines is 1. The monoisotopic (exact) mass is 399 g/mol. The SMILES string of the molecule is O=S(=O)(CC(F)(F)F)NC1CCN(c2nccc3cnc4[nH]ccc4c23)C1. The van der Waals surface area contributed by atoms with Crippen LogP contribution in [0.4, 0.5) is 19.0 Å². The molecule has 1 saturated heterocycles. The van der Waals surface area contributed by atoms with E-state index in [1.54, 1.807) is 18.6 Å². The van der Waals surface area contributed by atoms with Gasteiger partial charge in [-0.25, -0.2) is 23.1 Å². The first-order valence-corrected chi connectivity index (χ1v) is 9.90. The minimum absolute atomic E-state index is 0.247. The smallest absolute Gasteiger partial charge is 0.354 e. The highest BCUT2D eigenvalue weighted by Gasteiger charge is 2.37. The quantitative estimate of drug-likeness (QED) is 0.702. The fourth-order valence-electron chi connectivity index (χ4n) is 3.45. The van der Waals surface area contributed by atoms with Crippen LogP contribution < -0.4 is 9.62 Å². The summed E-state index contributed by atoms with van der Waals surface area (Å²) in [5.41, 5.74) is 0.707. The van der Waals surface area contributed by atoms with Crippen LogP contribution in [0.2, 0.25) is 0 Å². The zero-order chi connectivity index (χ0) is 19.2. The molecule has 3 aromatic rings. The molecule has 3 aromatic heterocycles. The van der Waals surface area contributed by atoms with Crippen LogP contribution in [0.25, 0.3) is 21.8 Å². The van der Waals surface area contributed by atoms with Crippen molar-refractivity contribution in [3.05, 3.63) is 30.7 Å². The van der Waals surface area contributed by atoms with Crippen molar-refractivity contribution >= 4 is 37.6 Å². The fourth-order valence-corrected chi connectivity index (χ4v) is 4.67. The Kier molecular flexibility index (Phi) is 4.22. The second-order valence-electron chi connectivity index (χ2n) is 6.52. The maximum atomic E-state index is 12.4. The van der Waals surface area contributed by atoms with Crippen molar-refractivity contribution < 1.29 is 21.6 Å². The number of aromatic nitrogens is 3. The van der Waals surface area contributed by atoms with E-state index < -0.39 is 28.0 Å². The van der Waals surface area contributed by atoms with Crippen molar-refractivity contribution in [3.8, 4) is 0 Å². The first kappa shape index (κ1) is 18.0. The summed E-state index contributed by atoms with van der Waals surface area (Å²) >= 11 is 0. The van der Waals surface area contributed by atoms with Gasteiger partial charge in [0, 0.05) is 53.9 Å². The molecule has 0 aliphatic carbocycles. The lowest BCUT2D eigenvalue weighted by molar-refractivity contribution is -0.106. The molecular formula is C16H16F3N5O2S. The van der Waals surface area contributed by atoms with E-state index in [9.17, 15) is 21.6 Å². The predicted octanol–water partition coefficient (Wildman–Crippen LogP) is 2.17. The molecule has 4 rings (SSSR count). The summed E-state index contributed by atoms with van der Waals surface area (Å²) in [7, 11) is -4.43. The van der Waals surface area contributed by atoms with Gasteiger partial charge in [-0.1, -0.05) is 0 Å². The highest BCUT2D eigenvalue weighted by molar-refractivity contribution is 7.89. The molecule has 2 N–H and O–H groups in total. The molecule has 0 aromatic carbocycles. The maximum absolute atomic E-state index is 12.4. The van der Waals surface area contributed by atoms with Gasteiger partial charge in [0.05, 0.1) is 0 Å². The summed E-state index contributed by atoms with van der Waals surface area (Å²) in [6, 6.07) is 3.12. The van der Waals surface area contributed by atoms with E-state index in [0.717, 1.165) is 16.2 Å². The lowest BCUT2D eigenvalue weighted by Gasteiger charge is -2.20. The van der Waals surface area contributed by atoms with Gasteiger partial charge in [-0.3, -0.25) is 0 Å². The van der Waals surface area contributed by atoms with Crippen molar-refractivity contribution in [2.45, 2.75) is 18.6 Å². The number of hydrogen-bond acceptors (Lipinski definition) is 5. The molecule has 7 nitrogen and oxygen atoms in total. The van der Waals surface area contributed by atoms with Gasteiger partial charge in [-0.15, -0.1) is 0 Å². The molecule has 0 amide bonds. The van der Waals surface area contributed by atoms with Crippen LogP contribution in [0.15, 0.2) is 30.7 Å². The van der Waals surface area contributed by atoms with E-state index in [-0.39, 0.29) is 6.54 Å². The number of sulfonamides is 1. The summed E-state index contributed by atoms with van der Waals surface area (Å²) in [6.07, 6.45) is 0.759. The summed E-state index contributed by atoms with van der Waals surface area (Å²) in [4.78, 5) is 13.7. The van der Waals surface area contributed by atoms with E-state index >= 15 is 0 Å². The molecule has 11 heteroatoms. The number of rotatable bonds is 4. The van der Waals surface area contributed by atoms with Crippen LogP contribution >= 0.6 is 0 Å². The van der Waals surface area contributed by atoms with Crippen molar-refractivity contribution in [1.82, 2.24) is 19.7 Å². The molecule has 0 spiro atoms. The average Bonchev–Trinajstić information content (AvgIpc) is 3.20. The number of nitrogens with zero attached hydrogens (tertiary/aromatic N) is 3. The van der Waals surface area contributed by atoms with E-state index in [0.29, 0.717) is 24.4 Å². The molecule has 1 atom stereocenters. The topological polar surface area (TPSA) is 91.0 Å². The molecule has 1 unspecified atom stereocenters. The number of fused-ring (bicyclic) bond motifs is 3. The van der Waals surface area contributed by atoms with Crippen molar-refractivity contribution in [2.24, 2.45) is 0 Å². The molecule has 1 fully saturated rings. The Labute approximate surface area is 152 Å². The molecular weight excluding hydrogens is 383 g/mol. The molecule has 4 heterocycles. The minimum atomic E-state index is -4.77. The van der Waals surface area contributed by atoms with Gasteiger partial charge in [-0.05, 0) is 18.6 Å². The number of nitrogens with one attached hydrogen (secondary N) is 2. The first-order valence-electron chi connectivity index (χ1n) is 8.24. The van der Waals surface area contributed by atoms with E-state index in [1.807, 2.05) is 17.0 Å². The van der Waals surface area contributed by atoms with Crippen molar-refractivity contribution in [1.29, 1.82) is 0 Å². The molecule has 144 valence electrons. The first-order chi connectivity index (χ1) is 12.7. The van der Waals surface area contributed by atoms with Crippen LogP contribution in [-0.2, 0) is 10.0 Å². The molecule has 0 bridgehead atoms. The number of pyridine rings is 2. The zero-order valence-electron chi connectivity index (χ0n) is 14.0. The summed E-state index contributed by atoms with van der Waals surface area (Å²) in [6.45, 7) is 0.733. The van der Waals surface area contributed by atoms with E-state index in [2.05, 4.69) is 19.7 Å². The maximum Gasteiger partial charge on any atom is 0.404 e. The summed E-state index contributed by atoms with van der Waals surface area (Å²) in [5.74, 6) is -1.21. The van der Waals surface area contributed by atoms with Crippen LogP contribution in [0.3, 0.4) is 0 Å². The molecule has 1 aliphatic rings. The van der Waals surface area contributed by atoms with Gasteiger partial charge in [-0.2, -0.15) is 13.2 Å². The Morgan fingerprint density at radius 2 is 2.11 bits per heavy atom. The Morgan fingerprint density at radius 1 is 1.30 bits per heavy atom. The normalized spacial score (nSPS) is 18.6. The predicted molar refractivity (Wildman–Crippen MR) is 95.0 cm³/mol. The second-order valence-corrected chi connectivity index (χ2v) is 8.27. The number of aromatic amines is 1. The Hall–Kier alpha value is -2.40. The van der Waals surface area contributed by atoms with Gasteiger partial charge < -0.3 is 9.88 Å². The lowest BCUT2D eigenvalue weighted by atomic mass is 10.1. The van der Waals surface area contributed by atoms with Gasteiger partial charge >= 0.3 is 6.18 Å². The Morgan fingerprint density at radius 3 is 2.89 bits per heavy atom. The van der Waals surface area contributed by atoms with Gasteiger partial charge in [0.25, 0.3) is 0 Å². The van der Waals surface area contributed by atoms with Crippen LogP contribution in [0.5, 0.6) is 0 Å². The average molecular weight is 399 g/mol. The highest BCUT2D eigenvalue weighted by Crippen LogP contribution is 2.32. The standard InChI is InChI=1S/C16H16F3N5O2S/c17-16(18,19)9-27(25,26)23-11-3-6-24(8-11)15-13-10(1-4-21-15)7-22-14-12(13)2-5-20-14/h1-2,4-5,7,11,23H,3,6,8-9H2,(H,20,22). The lowest BCUT2D eigenvalue weighted by Crippen LogP contribution is -2.41. The summed E-state index contributed by atoms with van der Waals surface area (Å²) < 4.78 is 62.8. The van der Waals surface area contributed by atoms with Gasteiger partial charge in [0.2, 0.25) is 10.0 Å².